The number of nitrogens with zero attached hydrogens (tertiary/aromatic N) is 1. The topological polar surface area (TPSA) is 67.0 Å². The quantitative estimate of drug-likeness (QED) is 0.808. The predicted octanol–water partition coefficient (Wildman–Crippen LogP) is 2.46. The van der Waals surface area contributed by atoms with E-state index in [1.54, 1.807) is 18.5 Å². The molecule has 98 valence electrons. The van der Waals surface area contributed by atoms with E-state index in [1.165, 1.54) is 6.08 Å². The van der Waals surface area contributed by atoms with E-state index in [0.29, 0.717) is 12.3 Å². The first-order valence-corrected chi connectivity index (χ1v) is 5.98. The molecule has 0 aliphatic carbocycles. The molecular formula is C14H15N3O2. The summed E-state index contributed by atoms with van der Waals surface area (Å²) in [7, 11) is 0. The van der Waals surface area contributed by atoms with Crippen molar-refractivity contribution in [3.05, 3.63) is 48.3 Å². The number of anilines is 1. The van der Waals surface area contributed by atoms with Gasteiger partial charge in [-0.3, -0.25) is 9.89 Å². The van der Waals surface area contributed by atoms with Gasteiger partial charge in [-0.1, -0.05) is 12.1 Å². The van der Waals surface area contributed by atoms with E-state index < -0.39 is 0 Å². The second kappa shape index (κ2) is 6.39. The van der Waals surface area contributed by atoms with Gasteiger partial charge < -0.3 is 10.1 Å². The number of benzene rings is 1. The normalized spacial score (nSPS) is 10.6. The summed E-state index contributed by atoms with van der Waals surface area (Å²) >= 11 is 0. The average Bonchev–Trinajstić information content (AvgIpc) is 2.91. The molecule has 1 aromatic carbocycles. The van der Waals surface area contributed by atoms with Gasteiger partial charge in [0.25, 0.3) is 0 Å². The van der Waals surface area contributed by atoms with Crippen LogP contribution in [-0.4, -0.2) is 22.7 Å². The lowest BCUT2D eigenvalue weighted by atomic mass is 10.2. The Kier molecular flexibility index (Phi) is 4.34. The number of carbonyl (C=O) groups excluding carboxylic acids is 1. The van der Waals surface area contributed by atoms with E-state index in [9.17, 15) is 4.79 Å². The Bertz CT molecular complexity index is 545. The number of carbonyl (C=O) groups is 1. The molecule has 0 radical (unpaired) electrons. The molecule has 1 heterocycles. The summed E-state index contributed by atoms with van der Waals surface area (Å²) in [4.78, 5) is 11.6. The molecule has 5 heteroatoms. The number of nitrogens with one attached hydrogen (secondary N) is 2. The second-order valence-corrected chi connectivity index (χ2v) is 3.81. The third-order valence-electron chi connectivity index (χ3n) is 2.38. The third-order valence-corrected chi connectivity index (χ3v) is 2.38. The van der Waals surface area contributed by atoms with Crippen LogP contribution in [0.4, 0.5) is 5.69 Å². The molecular weight excluding hydrogens is 242 g/mol. The Hall–Kier alpha value is -2.56. The van der Waals surface area contributed by atoms with Crippen molar-refractivity contribution in [3.63, 3.8) is 0 Å². The molecule has 0 fully saturated rings. The first-order chi connectivity index (χ1) is 9.28. The SMILES string of the molecule is CCOc1ccc(/C=C/C(=O)Nc2cn[nH]c2)cc1. The Morgan fingerprint density at radius 2 is 2.21 bits per heavy atom. The summed E-state index contributed by atoms with van der Waals surface area (Å²) in [5, 5.41) is 9.05. The Balaban J connectivity index is 1.92. The standard InChI is InChI=1S/C14H15N3O2/c1-2-19-13-6-3-11(4-7-13)5-8-14(18)17-12-9-15-16-10-12/h3-10H,2H2,1H3,(H,15,16)(H,17,18)/b8-5+. The van der Waals surface area contributed by atoms with E-state index in [2.05, 4.69) is 15.5 Å². The highest BCUT2D eigenvalue weighted by atomic mass is 16.5. The fourth-order valence-electron chi connectivity index (χ4n) is 1.52. The van der Waals surface area contributed by atoms with Crippen molar-refractivity contribution in [2.75, 3.05) is 11.9 Å². The average molecular weight is 257 g/mol. The van der Waals surface area contributed by atoms with Crippen LogP contribution in [0.5, 0.6) is 5.75 Å². The number of aromatic amines is 1. The van der Waals surface area contributed by atoms with Crippen LogP contribution in [0.3, 0.4) is 0 Å². The van der Waals surface area contributed by atoms with Crippen LogP contribution in [0.1, 0.15) is 12.5 Å². The Morgan fingerprint density at radius 3 is 2.84 bits per heavy atom. The maximum absolute atomic E-state index is 11.6. The molecule has 0 spiro atoms. The van der Waals surface area contributed by atoms with E-state index in [1.807, 2.05) is 31.2 Å². The maximum atomic E-state index is 11.6. The summed E-state index contributed by atoms with van der Waals surface area (Å²) in [6, 6.07) is 7.54. The van der Waals surface area contributed by atoms with Crippen molar-refractivity contribution in [2.24, 2.45) is 0 Å². The zero-order valence-electron chi connectivity index (χ0n) is 10.6. The molecule has 1 aromatic heterocycles. The van der Waals surface area contributed by atoms with Gasteiger partial charge in [0.1, 0.15) is 5.75 Å². The number of rotatable bonds is 5. The first kappa shape index (κ1) is 12.9. The minimum absolute atomic E-state index is 0.199. The smallest absolute Gasteiger partial charge is 0.248 e. The predicted molar refractivity (Wildman–Crippen MR) is 73.9 cm³/mol. The van der Waals surface area contributed by atoms with Gasteiger partial charge in [0, 0.05) is 12.3 Å². The van der Waals surface area contributed by atoms with Crippen molar-refractivity contribution in [2.45, 2.75) is 6.92 Å². The van der Waals surface area contributed by atoms with Crippen LogP contribution in [0.2, 0.25) is 0 Å². The van der Waals surface area contributed by atoms with Crippen LogP contribution >= 0.6 is 0 Å². The molecule has 0 bridgehead atoms. The number of ether oxygens (including phenoxy) is 1. The molecule has 2 rings (SSSR count). The first-order valence-electron chi connectivity index (χ1n) is 5.98. The van der Waals surface area contributed by atoms with E-state index in [0.717, 1.165) is 11.3 Å². The second-order valence-electron chi connectivity index (χ2n) is 3.81. The number of hydrogen-bond acceptors (Lipinski definition) is 3. The van der Waals surface area contributed by atoms with Crippen molar-refractivity contribution in [1.29, 1.82) is 0 Å². The van der Waals surface area contributed by atoms with Gasteiger partial charge >= 0.3 is 0 Å². The molecule has 0 saturated carbocycles. The highest BCUT2D eigenvalue weighted by Crippen LogP contribution is 2.13. The summed E-state index contributed by atoms with van der Waals surface area (Å²) < 4.78 is 5.34. The molecule has 0 aliphatic heterocycles. The van der Waals surface area contributed by atoms with Crippen LogP contribution in [0, 0.1) is 0 Å². The van der Waals surface area contributed by atoms with Gasteiger partial charge in [0.2, 0.25) is 5.91 Å². The zero-order chi connectivity index (χ0) is 13.5. The summed E-state index contributed by atoms with van der Waals surface area (Å²) in [5.74, 6) is 0.623. The molecule has 2 aromatic rings. The lowest BCUT2D eigenvalue weighted by Crippen LogP contribution is -2.06. The monoisotopic (exact) mass is 257 g/mol. The van der Waals surface area contributed by atoms with Crippen LogP contribution in [0.25, 0.3) is 6.08 Å². The Labute approximate surface area is 111 Å². The van der Waals surface area contributed by atoms with Crippen molar-refractivity contribution < 1.29 is 9.53 Å². The molecule has 0 saturated heterocycles. The van der Waals surface area contributed by atoms with Gasteiger partial charge in [0.05, 0.1) is 18.5 Å². The largest absolute Gasteiger partial charge is 0.494 e. The van der Waals surface area contributed by atoms with Crippen molar-refractivity contribution >= 4 is 17.7 Å². The number of aromatic nitrogens is 2. The maximum Gasteiger partial charge on any atom is 0.248 e. The van der Waals surface area contributed by atoms with E-state index in [-0.39, 0.29) is 5.91 Å². The third kappa shape index (κ3) is 3.99. The van der Waals surface area contributed by atoms with Crippen molar-refractivity contribution in [1.82, 2.24) is 10.2 Å². The van der Waals surface area contributed by atoms with Crippen LogP contribution in [-0.2, 0) is 4.79 Å². The number of hydrogen-bond donors (Lipinski definition) is 2. The van der Waals surface area contributed by atoms with Gasteiger partial charge in [-0.25, -0.2) is 0 Å². The number of H-pyrrole nitrogens is 1. The summed E-state index contributed by atoms with van der Waals surface area (Å²) in [5.41, 5.74) is 1.58. The van der Waals surface area contributed by atoms with E-state index >= 15 is 0 Å². The van der Waals surface area contributed by atoms with Gasteiger partial charge in [-0.2, -0.15) is 5.10 Å². The Morgan fingerprint density at radius 1 is 1.42 bits per heavy atom. The molecule has 1 amide bonds. The molecule has 0 aliphatic rings. The van der Waals surface area contributed by atoms with Crippen LogP contribution in [0.15, 0.2) is 42.7 Å². The number of amides is 1. The molecule has 0 atom stereocenters. The fourth-order valence-corrected chi connectivity index (χ4v) is 1.52. The lowest BCUT2D eigenvalue weighted by molar-refractivity contribution is -0.111. The lowest BCUT2D eigenvalue weighted by Gasteiger charge is -2.02. The summed E-state index contributed by atoms with van der Waals surface area (Å²) in [6.45, 7) is 2.58. The molecule has 19 heavy (non-hydrogen) atoms. The minimum Gasteiger partial charge on any atom is -0.494 e. The highest BCUT2D eigenvalue weighted by molar-refractivity contribution is 6.01. The fraction of sp³-hybridized carbons (Fsp3) is 0.143. The molecule has 5 nitrogen and oxygen atoms in total. The highest BCUT2D eigenvalue weighted by Gasteiger charge is 1.98. The van der Waals surface area contributed by atoms with Crippen molar-refractivity contribution in [3.8, 4) is 5.75 Å². The summed E-state index contributed by atoms with van der Waals surface area (Å²) in [6.07, 6.45) is 6.37. The molecule has 0 unspecified atom stereocenters. The van der Waals surface area contributed by atoms with Gasteiger partial charge in [-0.15, -0.1) is 0 Å². The van der Waals surface area contributed by atoms with Crippen LogP contribution < -0.4 is 10.1 Å². The van der Waals surface area contributed by atoms with Gasteiger partial charge in [0.15, 0.2) is 0 Å². The van der Waals surface area contributed by atoms with Gasteiger partial charge in [-0.05, 0) is 30.7 Å². The van der Waals surface area contributed by atoms with E-state index in [4.69, 9.17) is 4.74 Å². The minimum atomic E-state index is -0.199. The molecule has 2 N–H and O–H groups in total. The zero-order valence-corrected chi connectivity index (χ0v) is 10.6.